The molecule has 0 spiro atoms. The summed E-state index contributed by atoms with van der Waals surface area (Å²) in [5, 5.41) is 0. The van der Waals surface area contributed by atoms with Crippen LogP contribution in [-0.4, -0.2) is 28.9 Å². The van der Waals surface area contributed by atoms with Gasteiger partial charge in [0.2, 0.25) is 5.91 Å². The molecule has 0 aliphatic rings. The summed E-state index contributed by atoms with van der Waals surface area (Å²) in [6.07, 6.45) is 2.02. The van der Waals surface area contributed by atoms with Crippen molar-refractivity contribution in [2.45, 2.75) is 20.3 Å². The molecule has 0 aromatic carbocycles. The van der Waals surface area contributed by atoms with Gasteiger partial charge >= 0.3 is 0 Å². The van der Waals surface area contributed by atoms with Crippen molar-refractivity contribution in [1.82, 2.24) is 9.88 Å². The minimum absolute atomic E-state index is 0.130. The number of amides is 1. The lowest BCUT2D eigenvalue weighted by atomic mass is 10.2. The minimum atomic E-state index is 0.130. The van der Waals surface area contributed by atoms with Gasteiger partial charge in [-0.1, -0.05) is 0 Å². The zero-order valence-electron chi connectivity index (χ0n) is 9.23. The molecule has 1 aromatic rings. The van der Waals surface area contributed by atoms with E-state index in [1.807, 2.05) is 19.9 Å². The van der Waals surface area contributed by atoms with Crippen LogP contribution in [-0.2, 0) is 11.2 Å². The van der Waals surface area contributed by atoms with Gasteiger partial charge in [0, 0.05) is 19.3 Å². The van der Waals surface area contributed by atoms with Gasteiger partial charge in [0.15, 0.2) is 0 Å². The van der Waals surface area contributed by atoms with Crippen molar-refractivity contribution in [2.24, 2.45) is 0 Å². The maximum Gasteiger partial charge on any atom is 0.226 e. The van der Waals surface area contributed by atoms with Gasteiger partial charge in [-0.3, -0.25) is 4.79 Å². The SMILES string of the molecule is CCN(CC)C(=O)Cc1ccnc(N)c1. The first kappa shape index (κ1) is 11.5. The smallest absolute Gasteiger partial charge is 0.226 e. The predicted octanol–water partition coefficient (Wildman–Crippen LogP) is 1.07. The van der Waals surface area contributed by atoms with E-state index in [0.717, 1.165) is 18.7 Å². The van der Waals surface area contributed by atoms with Crippen molar-refractivity contribution >= 4 is 11.7 Å². The summed E-state index contributed by atoms with van der Waals surface area (Å²) in [4.78, 5) is 17.4. The van der Waals surface area contributed by atoms with E-state index < -0.39 is 0 Å². The molecule has 1 aromatic heterocycles. The van der Waals surface area contributed by atoms with Crippen molar-refractivity contribution in [2.75, 3.05) is 18.8 Å². The van der Waals surface area contributed by atoms with E-state index in [2.05, 4.69) is 4.98 Å². The second-order valence-corrected chi connectivity index (χ2v) is 3.33. The Balaban J connectivity index is 2.65. The summed E-state index contributed by atoms with van der Waals surface area (Å²) in [6, 6.07) is 3.55. The summed E-state index contributed by atoms with van der Waals surface area (Å²) in [5.41, 5.74) is 6.46. The summed E-state index contributed by atoms with van der Waals surface area (Å²) < 4.78 is 0. The standard InChI is InChI=1S/C11H17N3O/c1-3-14(4-2)11(15)8-9-5-6-13-10(12)7-9/h5-7H,3-4,8H2,1-2H3,(H2,12,13). The van der Waals surface area contributed by atoms with E-state index in [1.165, 1.54) is 0 Å². The molecule has 0 aliphatic heterocycles. The maximum absolute atomic E-state index is 11.8. The molecule has 1 amide bonds. The highest BCUT2D eigenvalue weighted by molar-refractivity contribution is 5.78. The number of carbonyl (C=O) groups excluding carboxylic acids is 1. The molecule has 0 saturated carbocycles. The number of anilines is 1. The molecule has 15 heavy (non-hydrogen) atoms. The van der Waals surface area contributed by atoms with Crippen LogP contribution in [0.4, 0.5) is 5.82 Å². The number of hydrogen-bond donors (Lipinski definition) is 1. The molecular weight excluding hydrogens is 190 g/mol. The Morgan fingerprint density at radius 3 is 2.67 bits per heavy atom. The van der Waals surface area contributed by atoms with E-state index >= 15 is 0 Å². The molecule has 0 bridgehead atoms. The first-order valence-corrected chi connectivity index (χ1v) is 5.15. The summed E-state index contributed by atoms with van der Waals surface area (Å²) in [6.45, 7) is 5.44. The van der Waals surface area contributed by atoms with Crippen molar-refractivity contribution < 1.29 is 4.79 Å². The van der Waals surface area contributed by atoms with Gasteiger partial charge in [-0.25, -0.2) is 4.98 Å². The molecular formula is C11H17N3O. The number of pyridine rings is 1. The van der Waals surface area contributed by atoms with Crippen LogP contribution in [0.3, 0.4) is 0 Å². The molecule has 0 atom stereocenters. The van der Waals surface area contributed by atoms with Gasteiger partial charge < -0.3 is 10.6 Å². The van der Waals surface area contributed by atoms with Gasteiger partial charge in [-0.15, -0.1) is 0 Å². The van der Waals surface area contributed by atoms with Gasteiger partial charge in [0.25, 0.3) is 0 Å². The fourth-order valence-corrected chi connectivity index (χ4v) is 1.47. The minimum Gasteiger partial charge on any atom is -0.384 e. The van der Waals surface area contributed by atoms with Crippen molar-refractivity contribution in [3.8, 4) is 0 Å². The second-order valence-electron chi connectivity index (χ2n) is 3.33. The number of nitrogens with zero attached hydrogens (tertiary/aromatic N) is 2. The highest BCUT2D eigenvalue weighted by Crippen LogP contribution is 2.05. The Bertz CT molecular complexity index is 334. The fourth-order valence-electron chi connectivity index (χ4n) is 1.47. The normalized spacial score (nSPS) is 10.0. The van der Waals surface area contributed by atoms with Gasteiger partial charge in [-0.2, -0.15) is 0 Å². The summed E-state index contributed by atoms with van der Waals surface area (Å²) >= 11 is 0. The number of hydrogen-bond acceptors (Lipinski definition) is 3. The van der Waals surface area contributed by atoms with Gasteiger partial charge in [0.1, 0.15) is 5.82 Å². The Labute approximate surface area is 90.1 Å². The number of carbonyl (C=O) groups is 1. The van der Waals surface area contributed by atoms with E-state index in [0.29, 0.717) is 12.2 Å². The molecule has 1 heterocycles. The zero-order valence-corrected chi connectivity index (χ0v) is 9.23. The Hall–Kier alpha value is -1.58. The van der Waals surface area contributed by atoms with Crippen LogP contribution in [0.25, 0.3) is 0 Å². The molecule has 4 nitrogen and oxygen atoms in total. The Kier molecular flexibility index (Phi) is 4.09. The molecule has 0 aliphatic carbocycles. The van der Waals surface area contributed by atoms with E-state index in [-0.39, 0.29) is 5.91 Å². The topological polar surface area (TPSA) is 59.2 Å². The third kappa shape index (κ3) is 3.23. The lowest BCUT2D eigenvalue weighted by Gasteiger charge is -2.18. The number of likely N-dealkylation sites (N-methyl/N-ethyl adjacent to an activating group) is 1. The highest BCUT2D eigenvalue weighted by atomic mass is 16.2. The van der Waals surface area contributed by atoms with Crippen LogP contribution in [0.1, 0.15) is 19.4 Å². The quantitative estimate of drug-likeness (QED) is 0.803. The maximum atomic E-state index is 11.8. The number of rotatable bonds is 4. The first-order chi connectivity index (χ1) is 7.17. The van der Waals surface area contributed by atoms with Crippen LogP contribution < -0.4 is 5.73 Å². The third-order valence-electron chi connectivity index (χ3n) is 2.32. The average molecular weight is 207 g/mol. The molecule has 2 N–H and O–H groups in total. The predicted molar refractivity (Wildman–Crippen MR) is 60.3 cm³/mol. The average Bonchev–Trinajstić information content (AvgIpc) is 2.19. The van der Waals surface area contributed by atoms with Crippen molar-refractivity contribution in [3.63, 3.8) is 0 Å². The van der Waals surface area contributed by atoms with Crippen LogP contribution in [0.15, 0.2) is 18.3 Å². The Morgan fingerprint density at radius 1 is 1.47 bits per heavy atom. The fraction of sp³-hybridized carbons (Fsp3) is 0.455. The molecule has 4 heteroatoms. The molecule has 82 valence electrons. The van der Waals surface area contributed by atoms with Gasteiger partial charge in [-0.05, 0) is 31.5 Å². The first-order valence-electron chi connectivity index (χ1n) is 5.15. The van der Waals surface area contributed by atoms with E-state index in [9.17, 15) is 4.79 Å². The van der Waals surface area contributed by atoms with E-state index in [4.69, 9.17) is 5.73 Å². The number of nitrogens with two attached hydrogens (primary N) is 1. The molecule has 1 rings (SSSR count). The molecule has 0 fully saturated rings. The van der Waals surface area contributed by atoms with Crippen molar-refractivity contribution in [3.05, 3.63) is 23.9 Å². The lowest BCUT2D eigenvalue weighted by Crippen LogP contribution is -2.31. The molecule has 0 radical (unpaired) electrons. The molecule has 0 unspecified atom stereocenters. The van der Waals surface area contributed by atoms with Crippen LogP contribution in [0, 0.1) is 0 Å². The number of aromatic nitrogens is 1. The zero-order chi connectivity index (χ0) is 11.3. The Morgan fingerprint density at radius 2 is 2.13 bits per heavy atom. The number of nitrogen functional groups attached to an aromatic ring is 1. The van der Waals surface area contributed by atoms with Crippen molar-refractivity contribution in [1.29, 1.82) is 0 Å². The van der Waals surface area contributed by atoms with Crippen LogP contribution in [0.5, 0.6) is 0 Å². The summed E-state index contributed by atoms with van der Waals surface area (Å²) in [5.74, 6) is 0.588. The highest BCUT2D eigenvalue weighted by Gasteiger charge is 2.10. The van der Waals surface area contributed by atoms with E-state index in [1.54, 1.807) is 17.2 Å². The monoisotopic (exact) mass is 207 g/mol. The second kappa shape index (κ2) is 5.34. The van der Waals surface area contributed by atoms with Crippen LogP contribution >= 0.6 is 0 Å². The largest absolute Gasteiger partial charge is 0.384 e. The third-order valence-corrected chi connectivity index (χ3v) is 2.32. The summed E-state index contributed by atoms with van der Waals surface area (Å²) in [7, 11) is 0. The lowest BCUT2D eigenvalue weighted by molar-refractivity contribution is -0.130. The van der Waals surface area contributed by atoms with Gasteiger partial charge in [0.05, 0.1) is 6.42 Å². The van der Waals surface area contributed by atoms with Crippen LogP contribution in [0.2, 0.25) is 0 Å². The molecule has 0 saturated heterocycles.